The third-order valence-electron chi connectivity index (χ3n) is 7.67. The Morgan fingerprint density at radius 1 is 0.875 bits per heavy atom. The summed E-state index contributed by atoms with van der Waals surface area (Å²) in [6, 6.07) is 15.8. The number of likely N-dealkylation sites (tertiary alicyclic amines) is 1. The molecule has 3 heterocycles. The molecule has 6 rings (SSSR count). The largest absolute Gasteiger partial charge is 0.342 e. The molecule has 5 heteroatoms. The highest BCUT2D eigenvalue weighted by atomic mass is 15.2. The van der Waals surface area contributed by atoms with Gasteiger partial charge < -0.3 is 9.97 Å². The second-order valence-corrected chi connectivity index (χ2v) is 9.77. The van der Waals surface area contributed by atoms with Gasteiger partial charge in [-0.1, -0.05) is 43.7 Å². The van der Waals surface area contributed by atoms with Crippen molar-refractivity contribution in [3.8, 4) is 22.4 Å². The minimum absolute atomic E-state index is 0.414. The number of hydrogen-bond donors (Lipinski definition) is 2. The number of fused-ring (bicyclic) bond motifs is 1. The first kappa shape index (κ1) is 19.7. The second kappa shape index (κ2) is 7.89. The van der Waals surface area contributed by atoms with E-state index in [-0.39, 0.29) is 0 Å². The molecule has 2 aromatic heterocycles. The van der Waals surface area contributed by atoms with Crippen LogP contribution in [0.2, 0.25) is 0 Å². The Balaban J connectivity index is 1.24. The summed E-state index contributed by atoms with van der Waals surface area (Å²) < 4.78 is 0. The SMILES string of the molecule is CC1CCC[C@H]1c1ncc(-c2ccc(-c3ccc4nc([C@@H]5CCCN5C)[nH]c4c3)cc2)[nH]1. The predicted molar refractivity (Wildman–Crippen MR) is 129 cm³/mol. The lowest BCUT2D eigenvalue weighted by molar-refractivity contribution is 0.307. The Morgan fingerprint density at radius 3 is 2.44 bits per heavy atom. The van der Waals surface area contributed by atoms with Crippen LogP contribution in [0.1, 0.15) is 62.6 Å². The van der Waals surface area contributed by atoms with E-state index in [1.807, 2.05) is 6.20 Å². The first-order chi connectivity index (χ1) is 15.7. The fourth-order valence-electron chi connectivity index (χ4n) is 5.69. The van der Waals surface area contributed by atoms with E-state index in [2.05, 4.69) is 71.3 Å². The summed E-state index contributed by atoms with van der Waals surface area (Å²) in [6.07, 6.45) is 8.30. The van der Waals surface area contributed by atoms with Gasteiger partial charge in [0.2, 0.25) is 0 Å². The Hall–Kier alpha value is -2.92. The zero-order valence-corrected chi connectivity index (χ0v) is 18.9. The van der Waals surface area contributed by atoms with Gasteiger partial charge in [-0.05, 0) is 74.0 Å². The maximum absolute atomic E-state index is 4.87. The number of H-pyrrole nitrogens is 2. The topological polar surface area (TPSA) is 60.6 Å². The van der Waals surface area contributed by atoms with Crippen LogP contribution in [0.4, 0.5) is 0 Å². The number of nitrogens with one attached hydrogen (secondary N) is 2. The summed E-state index contributed by atoms with van der Waals surface area (Å²) >= 11 is 0. The maximum atomic E-state index is 4.87. The van der Waals surface area contributed by atoms with Crippen molar-refractivity contribution < 1.29 is 0 Å². The summed E-state index contributed by atoms with van der Waals surface area (Å²) in [5, 5.41) is 0. The van der Waals surface area contributed by atoms with Crippen LogP contribution in [0.5, 0.6) is 0 Å². The highest BCUT2D eigenvalue weighted by Crippen LogP contribution is 2.38. The smallest absolute Gasteiger partial charge is 0.124 e. The minimum Gasteiger partial charge on any atom is -0.342 e. The molecule has 4 aromatic rings. The van der Waals surface area contributed by atoms with E-state index >= 15 is 0 Å². The van der Waals surface area contributed by atoms with Gasteiger partial charge >= 0.3 is 0 Å². The van der Waals surface area contributed by atoms with E-state index in [0.717, 1.165) is 40.8 Å². The van der Waals surface area contributed by atoms with Crippen molar-refractivity contribution >= 4 is 11.0 Å². The predicted octanol–water partition coefficient (Wildman–Crippen LogP) is 6.29. The van der Waals surface area contributed by atoms with Crippen LogP contribution in [-0.2, 0) is 0 Å². The van der Waals surface area contributed by atoms with Gasteiger partial charge in [-0.3, -0.25) is 4.90 Å². The fraction of sp³-hybridized carbons (Fsp3) is 0.407. The second-order valence-electron chi connectivity index (χ2n) is 9.77. The van der Waals surface area contributed by atoms with Gasteiger partial charge in [0.15, 0.2) is 0 Å². The van der Waals surface area contributed by atoms with Crippen molar-refractivity contribution in [2.75, 3.05) is 13.6 Å². The van der Waals surface area contributed by atoms with Crippen LogP contribution in [0.25, 0.3) is 33.4 Å². The van der Waals surface area contributed by atoms with Gasteiger partial charge in [0.1, 0.15) is 11.6 Å². The summed E-state index contributed by atoms with van der Waals surface area (Å²) in [5.74, 6) is 3.56. The van der Waals surface area contributed by atoms with E-state index in [1.54, 1.807) is 0 Å². The lowest BCUT2D eigenvalue weighted by atomic mass is 9.98. The van der Waals surface area contributed by atoms with E-state index in [1.165, 1.54) is 48.8 Å². The first-order valence-corrected chi connectivity index (χ1v) is 12.0. The molecule has 0 amide bonds. The quantitative estimate of drug-likeness (QED) is 0.404. The summed E-state index contributed by atoms with van der Waals surface area (Å²) in [7, 11) is 2.19. The molecule has 0 radical (unpaired) electrons. The average Bonchev–Trinajstić information content (AvgIpc) is 3.59. The van der Waals surface area contributed by atoms with Gasteiger partial charge in [0, 0.05) is 5.92 Å². The number of imidazole rings is 2. The zero-order valence-electron chi connectivity index (χ0n) is 18.9. The molecular weight excluding hydrogens is 394 g/mol. The van der Waals surface area contributed by atoms with Crippen molar-refractivity contribution in [2.45, 2.75) is 51.0 Å². The van der Waals surface area contributed by atoms with Crippen molar-refractivity contribution in [3.63, 3.8) is 0 Å². The van der Waals surface area contributed by atoms with E-state index in [4.69, 9.17) is 9.97 Å². The van der Waals surface area contributed by atoms with Crippen molar-refractivity contribution in [1.82, 2.24) is 24.8 Å². The van der Waals surface area contributed by atoms with Gasteiger partial charge in [-0.25, -0.2) is 9.97 Å². The summed E-state index contributed by atoms with van der Waals surface area (Å²) in [6.45, 7) is 3.50. The molecule has 1 aliphatic heterocycles. The molecule has 2 aliphatic rings. The van der Waals surface area contributed by atoms with Crippen LogP contribution in [-0.4, -0.2) is 38.4 Å². The van der Waals surface area contributed by atoms with Crippen LogP contribution < -0.4 is 0 Å². The molecule has 2 N–H and O–H groups in total. The lowest BCUT2D eigenvalue weighted by Crippen LogP contribution is -2.18. The molecule has 0 spiro atoms. The van der Waals surface area contributed by atoms with Crippen molar-refractivity contribution in [1.29, 1.82) is 0 Å². The highest BCUT2D eigenvalue weighted by Gasteiger charge is 2.27. The van der Waals surface area contributed by atoms with Crippen molar-refractivity contribution in [2.24, 2.45) is 5.92 Å². The Kier molecular flexibility index (Phi) is 4.87. The highest BCUT2D eigenvalue weighted by molar-refractivity contribution is 5.82. The molecule has 5 nitrogen and oxygen atoms in total. The van der Waals surface area contributed by atoms with Crippen LogP contribution in [0.15, 0.2) is 48.7 Å². The Morgan fingerprint density at radius 2 is 1.69 bits per heavy atom. The van der Waals surface area contributed by atoms with Crippen LogP contribution >= 0.6 is 0 Å². The zero-order chi connectivity index (χ0) is 21.7. The normalized spacial score (nSPS) is 24.0. The third kappa shape index (κ3) is 3.45. The van der Waals surface area contributed by atoms with Gasteiger partial charge in [0.05, 0.1) is 29.0 Å². The van der Waals surface area contributed by atoms with E-state index < -0.39 is 0 Å². The Bertz CT molecular complexity index is 1230. The average molecular weight is 426 g/mol. The molecule has 1 saturated heterocycles. The molecule has 164 valence electrons. The molecule has 2 aromatic carbocycles. The number of aromatic amines is 2. The molecule has 32 heavy (non-hydrogen) atoms. The van der Waals surface area contributed by atoms with E-state index in [0.29, 0.717) is 12.0 Å². The monoisotopic (exact) mass is 425 g/mol. The number of nitrogens with zero attached hydrogens (tertiary/aromatic N) is 3. The third-order valence-corrected chi connectivity index (χ3v) is 7.67. The summed E-state index contributed by atoms with van der Waals surface area (Å²) in [4.78, 5) is 19.1. The number of rotatable bonds is 4. The molecule has 2 fully saturated rings. The molecular formula is C27H31N5. The van der Waals surface area contributed by atoms with Crippen LogP contribution in [0.3, 0.4) is 0 Å². The summed E-state index contributed by atoms with van der Waals surface area (Å²) in [5.41, 5.74) is 6.89. The molecule has 0 bridgehead atoms. The number of aromatic nitrogens is 4. The molecule has 1 unspecified atom stereocenters. The van der Waals surface area contributed by atoms with E-state index in [9.17, 15) is 0 Å². The molecule has 3 atom stereocenters. The first-order valence-electron chi connectivity index (χ1n) is 12.0. The molecule has 1 saturated carbocycles. The Labute approximate surface area is 189 Å². The maximum Gasteiger partial charge on any atom is 0.124 e. The molecule has 1 aliphatic carbocycles. The fourth-order valence-corrected chi connectivity index (χ4v) is 5.69. The van der Waals surface area contributed by atoms with Crippen LogP contribution in [0, 0.1) is 5.92 Å². The van der Waals surface area contributed by atoms with Gasteiger partial charge in [0.25, 0.3) is 0 Å². The standard InChI is InChI=1S/C27H31N5/c1-17-5-3-6-21(17)26-28-16-24(31-26)19-10-8-18(9-11-19)20-12-13-22-23(15-20)30-27(29-22)25-7-4-14-32(25)2/h8-13,15-17,21,25H,3-7,14H2,1-2H3,(H,28,31)(H,29,30)/t17?,21-,25+/m1/s1. The number of hydrogen-bond acceptors (Lipinski definition) is 3. The lowest BCUT2D eigenvalue weighted by Gasteiger charge is -2.16. The van der Waals surface area contributed by atoms with Gasteiger partial charge in [-0.15, -0.1) is 0 Å². The van der Waals surface area contributed by atoms with Gasteiger partial charge in [-0.2, -0.15) is 0 Å². The van der Waals surface area contributed by atoms with Crippen molar-refractivity contribution in [3.05, 3.63) is 60.3 Å². The minimum atomic E-state index is 0.414. The number of benzene rings is 2.